The van der Waals surface area contributed by atoms with E-state index < -0.39 is 0 Å². The van der Waals surface area contributed by atoms with Gasteiger partial charge < -0.3 is 19.4 Å². The normalized spacial score (nSPS) is 25.3. The number of likely N-dealkylation sites (N-methyl/N-ethyl adjacent to an activating group) is 1. The Morgan fingerprint density at radius 3 is 2.56 bits per heavy atom. The van der Waals surface area contributed by atoms with Gasteiger partial charge in [-0.25, -0.2) is 0 Å². The van der Waals surface area contributed by atoms with Crippen LogP contribution in [0.4, 0.5) is 0 Å². The highest BCUT2D eigenvalue weighted by Crippen LogP contribution is 2.30. The summed E-state index contributed by atoms with van der Waals surface area (Å²) in [6.45, 7) is 5.51. The molecule has 1 aromatic carbocycles. The summed E-state index contributed by atoms with van der Waals surface area (Å²) in [4.78, 5) is 32.0. The number of carbonyl (C=O) groups excluding carboxylic acids is 2. The third-order valence-electron chi connectivity index (χ3n) is 5.59. The first kappa shape index (κ1) is 19.7. The summed E-state index contributed by atoms with van der Waals surface area (Å²) in [5.74, 6) is 1.00. The zero-order chi connectivity index (χ0) is 19.6. The van der Waals surface area contributed by atoms with Crippen LogP contribution in [0.15, 0.2) is 30.3 Å². The summed E-state index contributed by atoms with van der Waals surface area (Å²) >= 11 is 0. The van der Waals surface area contributed by atoms with E-state index >= 15 is 0 Å². The summed E-state index contributed by atoms with van der Waals surface area (Å²) in [6, 6.07) is 9.42. The fourth-order valence-corrected chi connectivity index (χ4v) is 4.08. The van der Waals surface area contributed by atoms with Gasteiger partial charge in [-0.15, -0.1) is 0 Å². The van der Waals surface area contributed by atoms with Crippen LogP contribution in [-0.2, 0) is 9.59 Å². The molecule has 0 bridgehead atoms. The molecule has 1 aromatic rings. The molecule has 0 N–H and O–H groups in total. The monoisotopic (exact) mass is 373 g/mol. The first-order chi connectivity index (χ1) is 12.9. The molecule has 3 atom stereocenters. The van der Waals surface area contributed by atoms with E-state index in [0.29, 0.717) is 30.7 Å². The quantitative estimate of drug-likeness (QED) is 0.764. The molecule has 27 heavy (non-hydrogen) atoms. The van der Waals surface area contributed by atoms with E-state index in [2.05, 4.69) is 32.8 Å². The number of hydrogen-bond donors (Lipinski definition) is 0. The lowest BCUT2D eigenvalue weighted by Gasteiger charge is -2.43. The number of rotatable bonds is 6. The molecule has 2 amide bonds. The Bertz CT molecular complexity index is 662. The van der Waals surface area contributed by atoms with Crippen LogP contribution in [-0.4, -0.2) is 78.4 Å². The predicted octanol–water partition coefficient (Wildman–Crippen LogP) is 1.85. The molecule has 2 heterocycles. The number of ether oxygens (including phenoxy) is 1. The maximum Gasteiger partial charge on any atom is 0.261 e. The molecule has 148 valence electrons. The molecular weight excluding hydrogens is 342 g/mol. The van der Waals surface area contributed by atoms with Gasteiger partial charge in [-0.05, 0) is 45.0 Å². The van der Waals surface area contributed by atoms with E-state index in [4.69, 9.17) is 4.74 Å². The molecule has 2 aliphatic heterocycles. The second-order valence-electron chi connectivity index (χ2n) is 8.29. The Kier molecular flexibility index (Phi) is 6.05. The van der Waals surface area contributed by atoms with Crippen LogP contribution in [0.1, 0.15) is 26.7 Å². The Morgan fingerprint density at radius 1 is 1.22 bits per heavy atom. The summed E-state index contributed by atoms with van der Waals surface area (Å²) < 4.78 is 5.66. The number of nitrogens with zero attached hydrogens (tertiary/aromatic N) is 3. The number of para-hydroxylation sites is 1. The molecule has 0 aromatic heterocycles. The minimum Gasteiger partial charge on any atom is -0.484 e. The van der Waals surface area contributed by atoms with Crippen molar-refractivity contribution >= 4 is 11.8 Å². The van der Waals surface area contributed by atoms with Gasteiger partial charge in [0.2, 0.25) is 5.91 Å². The highest BCUT2D eigenvalue weighted by atomic mass is 16.5. The van der Waals surface area contributed by atoms with Gasteiger partial charge in [-0.3, -0.25) is 9.59 Å². The second-order valence-corrected chi connectivity index (χ2v) is 8.29. The molecule has 6 heteroatoms. The predicted molar refractivity (Wildman–Crippen MR) is 104 cm³/mol. The molecule has 2 aliphatic rings. The Balaban J connectivity index is 1.72. The molecule has 0 radical (unpaired) electrons. The van der Waals surface area contributed by atoms with E-state index in [1.54, 1.807) is 4.90 Å². The lowest BCUT2D eigenvalue weighted by molar-refractivity contribution is -0.155. The van der Waals surface area contributed by atoms with Crippen LogP contribution >= 0.6 is 0 Å². The smallest absolute Gasteiger partial charge is 0.261 e. The van der Waals surface area contributed by atoms with E-state index in [9.17, 15) is 9.59 Å². The van der Waals surface area contributed by atoms with Crippen LogP contribution in [0.2, 0.25) is 0 Å². The van der Waals surface area contributed by atoms with Gasteiger partial charge in [-0.1, -0.05) is 32.0 Å². The van der Waals surface area contributed by atoms with Crippen molar-refractivity contribution in [2.75, 3.05) is 33.8 Å². The van der Waals surface area contributed by atoms with Crippen molar-refractivity contribution in [1.29, 1.82) is 0 Å². The number of fused-ring (bicyclic) bond motifs is 1. The first-order valence-electron chi connectivity index (χ1n) is 9.81. The van der Waals surface area contributed by atoms with Crippen molar-refractivity contribution < 1.29 is 14.3 Å². The van der Waals surface area contributed by atoms with Gasteiger partial charge in [0.1, 0.15) is 11.8 Å². The zero-order valence-corrected chi connectivity index (χ0v) is 16.8. The maximum atomic E-state index is 13.2. The summed E-state index contributed by atoms with van der Waals surface area (Å²) in [6.07, 6.45) is 1.60. The minimum absolute atomic E-state index is 0.0320. The summed E-state index contributed by atoms with van der Waals surface area (Å²) in [7, 11) is 4.10. The van der Waals surface area contributed by atoms with Gasteiger partial charge in [0.25, 0.3) is 5.91 Å². The standard InChI is InChI=1S/C21H31N3O3/c1-15(2)10-19-21(26)23-12-16(22(3)4)11-17(23)13-24(19)20(25)14-27-18-8-6-5-7-9-18/h5-9,15-17,19H,10-14H2,1-4H3/t16-,17-,19-/m0/s1. The van der Waals surface area contributed by atoms with Gasteiger partial charge in [-0.2, -0.15) is 0 Å². The Morgan fingerprint density at radius 2 is 1.93 bits per heavy atom. The fourth-order valence-electron chi connectivity index (χ4n) is 4.08. The number of amides is 2. The van der Waals surface area contributed by atoms with Crippen LogP contribution < -0.4 is 4.74 Å². The van der Waals surface area contributed by atoms with Crippen LogP contribution in [0.3, 0.4) is 0 Å². The van der Waals surface area contributed by atoms with E-state index in [1.165, 1.54) is 0 Å². The largest absolute Gasteiger partial charge is 0.484 e. The molecule has 0 saturated carbocycles. The first-order valence-corrected chi connectivity index (χ1v) is 9.81. The van der Waals surface area contributed by atoms with Crippen molar-refractivity contribution in [2.24, 2.45) is 5.92 Å². The Labute approximate surface area is 162 Å². The van der Waals surface area contributed by atoms with Crippen LogP contribution in [0.5, 0.6) is 5.75 Å². The number of hydrogen-bond acceptors (Lipinski definition) is 4. The van der Waals surface area contributed by atoms with Crippen molar-refractivity contribution in [2.45, 2.75) is 44.8 Å². The third-order valence-corrected chi connectivity index (χ3v) is 5.59. The fraction of sp³-hybridized carbons (Fsp3) is 0.619. The average Bonchev–Trinajstić information content (AvgIpc) is 3.07. The van der Waals surface area contributed by atoms with Gasteiger partial charge >= 0.3 is 0 Å². The van der Waals surface area contributed by atoms with E-state index in [1.807, 2.05) is 35.2 Å². The molecule has 2 fully saturated rings. The van der Waals surface area contributed by atoms with E-state index in [0.717, 1.165) is 13.0 Å². The highest BCUT2D eigenvalue weighted by Gasteiger charge is 2.47. The second kappa shape index (κ2) is 8.30. The number of carbonyl (C=O) groups is 2. The van der Waals surface area contributed by atoms with Gasteiger partial charge in [0, 0.05) is 19.1 Å². The SMILES string of the molecule is CC(C)C[C@H]1C(=O)N2C[C@@H](N(C)C)C[C@H]2CN1C(=O)COc1ccccc1. The third kappa shape index (κ3) is 4.43. The number of piperazine rings is 1. The lowest BCUT2D eigenvalue weighted by Crippen LogP contribution is -2.62. The van der Waals surface area contributed by atoms with Crippen molar-refractivity contribution in [3.8, 4) is 5.75 Å². The molecule has 0 aliphatic carbocycles. The average molecular weight is 373 g/mol. The van der Waals surface area contributed by atoms with Crippen LogP contribution in [0, 0.1) is 5.92 Å². The lowest BCUT2D eigenvalue weighted by atomic mass is 9.97. The molecule has 0 spiro atoms. The van der Waals surface area contributed by atoms with Crippen molar-refractivity contribution in [1.82, 2.24) is 14.7 Å². The summed E-state index contributed by atoms with van der Waals surface area (Å²) in [5.41, 5.74) is 0. The maximum absolute atomic E-state index is 13.2. The molecule has 6 nitrogen and oxygen atoms in total. The topological polar surface area (TPSA) is 53.1 Å². The molecule has 3 rings (SSSR count). The van der Waals surface area contributed by atoms with Crippen LogP contribution in [0.25, 0.3) is 0 Å². The van der Waals surface area contributed by atoms with Crippen molar-refractivity contribution in [3.05, 3.63) is 30.3 Å². The van der Waals surface area contributed by atoms with E-state index in [-0.39, 0.29) is 30.5 Å². The molecular formula is C21H31N3O3. The molecule has 2 saturated heterocycles. The zero-order valence-electron chi connectivity index (χ0n) is 16.8. The highest BCUT2D eigenvalue weighted by molar-refractivity contribution is 5.90. The van der Waals surface area contributed by atoms with Gasteiger partial charge in [0.05, 0.1) is 6.04 Å². The van der Waals surface area contributed by atoms with Crippen molar-refractivity contribution in [3.63, 3.8) is 0 Å². The summed E-state index contributed by atoms with van der Waals surface area (Å²) in [5, 5.41) is 0. The number of benzene rings is 1. The minimum atomic E-state index is -0.381. The van der Waals surface area contributed by atoms with Gasteiger partial charge in [0.15, 0.2) is 6.61 Å². The Hall–Kier alpha value is -2.08. The molecule has 0 unspecified atom stereocenters.